The summed E-state index contributed by atoms with van der Waals surface area (Å²) in [4.78, 5) is 14.3. The highest BCUT2D eigenvalue weighted by Crippen LogP contribution is 2.15. The Labute approximate surface area is 97.8 Å². The molecule has 2 aliphatic rings. The van der Waals surface area contributed by atoms with Gasteiger partial charge < -0.3 is 15.5 Å². The average Bonchev–Trinajstić information content (AvgIpc) is 2.73. The zero-order valence-electron chi connectivity index (χ0n) is 10.2. The number of nitrogens with zero attached hydrogens (tertiary/aromatic N) is 1. The van der Waals surface area contributed by atoms with Crippen LogP contribution in [0.3, 0.4) is 0 Å². The number of rotatable bonds is 3. The van der Waals surface area contributed by atoms with Crippen LogP contribution in [-0.2, 0) is 4.79 Å². The number of hydrogen-bond acceptors (Lipinski definition) is 3. The first-order valence-corrected chi connectivity index (χ1v) is 6.46. The van der Waals surface area contributed by atoms with E-state index in [4.69, 9.17) is 0 Å². The molecule has 0 spiro atoms. The Balaban J connectivity index is 1.70. The average molecular weight is 225 g/mol. The monoisotopic (exact) mass is 225 g/mol. The van der Waals surface area contributed by atoms with Gasteiger partial charge in [0.15, 0.2) is 0 Å². The highest BCUT2D eigenvalue weighted by atomic mass is 16.1. The lowest BCUT2D eigenvalue weighted by molar-refractivity contribution is -0.125. The van der Waals surface area contributed by atoms with E-state index in [1.165, 1.54) is 19.4 Å². The van der Waals surface area contributed by atoms with Gasteiger partial charge in [-0.15, -0.1) is 0 Å². The first-order chi connectivity index (χ1) is 7.77. The molecule has 2 aliphatic heterocycles. The zero-order valence-corrected chi connectivity index (χ0v) is 10.2. The van der Waals surface area contributed by atoms with Gasteiger partial charge in [-0.3, -0.25) is 4.79 Å². The molecule has 2 saturated heterocycles. The minimum atomic E-state index is 0.243. The SMILES string of the molecule is CN1CCCC1CNC(=O)C1CCNCC1. The van der Waals surface area contributed by atoms with Crippen molar-refractivity contribution in [3.63, 3.8) is 0 Å². The minimum absolute atomic E-state index is 0.243. The quantitative estimate of drug-likeness (QED) is 0.721. The van der Waals surface area contributed by atoms with E-state index in [0.29, 0.717) is 6.04 Å². The number of amides is 1. The predicted octanol–water partition coefficient (Wildman–Crippen LogP) is 0.196. The van der Waals surface area contributed by atoms with Crippen LogP contribution < -0.4 is 10.6 Å². The molecule has 2 heterocycles. The van der Waals surface area contributed by atoms with E-state index < -0.39 is 0 Å². The summed E-state index contributed by atoms with van der Waals surface area (Å²) in [5, 5.41) is 6.40. The smallest absolute Gasteiger partial charge is 0.223 e. The van der Waals surface area contributed by atoms with Crippen LogP contribution in [0.25, 0.3) is 0 Å². The molecule has 2 fully saturated rings. The first-order valence-electron chi connectivity index (χ1n) is 6.46. The third-order valence-electron chi connectivity index (χ3n) is 3.89. The van der Waals surface area contributed by atoms with Crippen molar-refractivity contribution in [2.45, 2.75) is 31.7 Å². The van der Waals surface area contributed by atoms with Crippen molar-refractivity contribution in [2.75, 3.05) is 33.2 Å². The first kappa shape index (κ1) is 11.9. The molecule has 92 valence electrons. The highest BCUT2D eigenvalue weighted by Gasteiger charge is 2.24. The van der Waals surface area contributed by atoms with Gasteiger partial charge in [0.05, 0.1) is 0 Å². The summed E-state index contributed by atoms with van der Waals surface area (Å²) in [6, 6.07) is 0.561. The molecule has 0 aromatic heterocycles. The van der Waals surface area contributed by atoms with E-state index in [1.54, 1.807) is 0 Å². The van der Waals surface area contributed by atoms with Crippen molar-refractivity contribution in [1.29, 1.82) is 0 Å². The van der Waals surface area contributed by atoms with Gasteiger partial charge in [0.2, 0.25) is 5.91 Å². The molecule has 0 bridgehead atoms. The second-order valence-corrected chi connectivity index (χ2v) is 5.05. The molecular weight excluding hydrogens is 202 g/mol. The zero-order chi connectivity index (χ0) is 11.4. The summed E-state index contributed by atoms with van der Waals surface area (Å²) in [5.41, 5.74) is 0. The molecule has 4 heteroatoms. The second kappa shape index (κ2) is 5.64. The van der Waals surface area contributed by atoms with Crippen molar-refractivity contribution in [1.82, 2.24) is 15.5 Å². The molecular formula is C12H23N3O. The van der Waals surface area contributed by atoms with Crippen LogP contribution in [0.4, 0.5) is 0 Å². The Morgan fingerprint density at radius 1 is 1.38 bits per heavy atom. The maximum absolute atomic E-state index is 11.9. The van der Waals surface area contributed by atoms with Crippen LogP contribution in [0.15, 0.2) is 0 Å². The lowest BCUT2D eigenvalue weighted by Crippen LogP contribution is -2.43. The summed E-state index contributed by atoms with van der Waals surface area (Å²) in [5.74, 6) is 0.509. The van der Waals surface area contributed by atoms with Crippen LogP contribution in [-0.4, -0.2) is 50.1 Å². The molecule has 2 rings (SSSR count). The Kier molecular flexibility index (Phi) is 4.18. The molecule has 1 unspecified atom stereocenters. The largest absolute Gasteiger partial charge is 0.354 e. The summed E-state index contributed by atoms with van der Waals surface area (Å²) in [6.45, 7) is 3.98. The van der Waals surface area contributed by atoms with Crippen LogP contribution in [0.5, 0.6) is 0 Å². The maximum Gasteiger partial charge on any atom is 0.223 e. The Hall–Kier alpha value is -0.610. The molecule has 1 amide bonds. The Morgan fingerprint density at radius 2 is 2.12 bits per heavy atom. The van der Waals surface area contributed by atoms with Crippen molar-refractivity contribution in [3.05, 3.63) is 0 Å². The fraction of sp³-hybridized carbons (Fsp3) is 0.917. The van der Waals surface area contributed by atoms with E-state index in [9.17, 15) is 4.79 Å². The molecule has 0 saturated carbocycles. The Morgan fingerprint density at radius 3 is 2.75 bits per heavy atom. The van der Waals surface area contributed by atoms with Crippen LogP contribution in [0.1, 0.15) is 25.7 Å². The fourth-order valence-electron chi connectivity index (χ4n) is 2.68. The predicted molar refractivity (Wildman–Crippen MR) is 64.3 cm³/mol. The normalized spacial score (nSPS) is 28.2. The topological polar surface area (TPSA) is 44.4 Å². The van der Waals surface area contributed by atoms with Crippen molar-refractivity contribution in [3.8, 4) is 0 Å². The summed E-state index contributed by atoms with van der Waals surface area (Å²) >= 11 is 0. The minimum Gasteiger partial charge on any atom is -0.354 e. The third-order valence-corrected chi connectivity index (χ3v) is 3.89. The Bertz CT molecular complexity index is 238. The lowest BCUT2D eigenvalue weighted by atomic mass is 9.97. The van der Waals surface area contributed by atoms with E-state index in [0.717, 1.165) is 32.5 Å². The van der Waals surface area contributed by atoms with Gasteiger partial charge in [0.25, 0.3) is 0 Å². The molecule has 0 aliphatic carbocycles. The molecule has 0 aromatic rings. The lowest BCUT2D eigenvalue weighted by Gasteiger charge is -2.24. The van der Waals surface area contributed by atoms with E-state index in [1.807, 2.05) is 0 Å². The van der Waals surface area contributed by atoms with Gasteiger partial charge in [-0.1, -0.05) is 0 Å². The van der Waals surface area contributed by atoms with Gasteiger partial charge in [0.1, 0.15) is 0 Å². The van der Waals surface area contributed by atoms with Crippen molar-refractivity contribution < 1.29 is 4.79 Å². The second-order valence-electron chi connectivity index (χ2n) is 5.05. The van der Waals surface area contributed by atoms with Crippen LogP contribution >= 0.6 is 0 Å². The number of likely N-dealkylation sites (tertiary alicyclic amines) is 1. The van der Waals surface area contributed by atoms with Gasteiger partial charge >= 0.3 is 0 Å². The van der Waals surface area contributed by atoms with Crippen molar-refractivity contribution >= 4 is 5.91 Å². The number of carbonyl (C=O) groups excluding carboxylic acids is 1. The van der Waals surface area contributed by atoms with Crippen LogP contribution in [0, 0.1) is 5.92 Å². The van der Waals surface area contributed by atoms with Gasteiger partial charge in [-0.25, -0.2) is 0 Å². The number of carbonyl (C=O) groups is 1. The molecule has 0 radical (unpaired) electrons. The fourth-order valence-corrected chi connectivity index (χ4v) is 2.68. The summed E-state index contributed by atoms with van der Waals surface area (Å²) in [6.07, 6.45) is 4.48. The number of hydrogen-bond donors (Lipinski definition) is 2. The summed E-state index contributed by atoms with van der Waals surface area (Å²) < 4.78 is 0. The molecule has 0 aromatic carbocycles. The molecule has 4 nitrogen and oxygen atoms in total. The maximum atomic E-state index is 11.9. The van der Waals surface area contributed by atoms with Gasteiger partial charge in [-0.05, 0) is 52.4 Å². The van der Waals surface area contributed by atoms with Gasteiger partial charge in [0, 0.05) is 18.5 Å². The van der Waals surface area contributed by atoms with Gasteiger partial charge in [-0.2, -0.15) is 0 Å². The number of nitrogens with one attached hydrogen (secondary N) is 2. The van der Waals surface area contributed by atoms with Crippen molar-refractivity contribution in [2.24, 2.45) is 5.92 Å². The van der Waals surface area contributed by atoms with E-state index >= 15 is 0 Å². The van der Waals surface area contributed by atoms with Crippen LogP contribution in [0.2, 0.25) is 0 Å². The number of likely N-dealkylation sites (N-methyl/N-ethyl adjacent to an activating group) is 1. The molecule has 2 N–H and O–H groups in total. The van der Waals surface area contributed by atoms with E-state index in [2.05, 4.69) is 22.6 Å². The van der Waals surface area contributed by atoms with E-state index in [-0.39, 0.29) is 11.8 Å². The molecule has 16 heavy (non-hydrogen) atoms. The summed E-state index contributed by atoms with van der Waals surface area (Å²) in [7, 11) is 2.15. The molecule has 1 atom stereocenters. The third kappa shape index (κ3) is 2.95. The number of piperidine rings is 1. The highest BCUT2D eigenvalue weighted by molar-refractivity contribution is 5.78. The standard InChI is InChI=1S/C12H23N3O/c1-15-8-2-3-11(15)9-14-12(16)10-4-6-13-7-5-10/h10-11,13H,2-9H2,1H3,(H,14,16).